The van der Waals surface area contributed by atoms with Crippen molar-refractivity contribution in [2.24, 2.45) is 0 Å². The predicted molar refractivity (Wildman–Crippen MR) is 107 cm³/mol. The van der Waals surface area contributed by atoms with E-state index < -0.39 is 29.4 Å². The van der Waals surface area contributed by atoms with Crippen LogP contribution < -0.4 is 9.64 Å². The van der Waals surface area contributed by atoms with Crippen LogP contribution in [0.4, 0.5) is 19.3 Å². The molecule has 2 aromatic rings. The van der Waals surface area contributed by atoms with E-state index in [0.717, 1.165) is 11.6 Å². The number of hydrogen-bond donors (Lipinski definition) is 0. The van der Waals surface area contributed by atoms with Crippen molar-refractivity contribution in [3.63, 3.8) is 0 Å². The van der Waals surface area contributed by atoms with Gasteiger partial charge in [-0.05, 0) is 73.3 Å². The summed E-state index contributed by atoms with van der Waals surface area (Å²) in [5.41, 5.74) is 0.119. The van der Waals surface area contributed by atoms with Gasteiger partial charge in [0.25, 0.3) is 0 Å². The largest absolute Gasteiger partial charge is 0.497 e. The summed E-state index contributed by atoms with van der Waals surface area (Å²) >= 11 is 3.04. The summed E-state index contributed by atoms with van der Waals surface area (Å²) < 4.78 is 40.3. The average molecular weight is 454 g/mol. The smallest absolute Gasteiger partial charge is 0.415 e. The summed E-state index contributed by atoms with van der Waals surface area (Å²) in [5.74, 6) is -0.560. The quantitative estimate of drug-likeness (QED) is 0.510. The Morgan fingerprint density at radius 2 is 1.86 bits per heavy atom. The maximum absolute atomic E-state index is 14.9. The molecule has 150 valence electrons. The lowest BCUT2D eigenvalue weighted by Crippen LogP contribution is -2.42. The molecule has 1 amide bonds. The Morgan fingerprint density at radius 3 is 2.43 bits per heavy atom. The number of fused-ring (bicyclic) bond motifs is 1. The number of amides is 1. The molecule has 7 heteroatoms. The van der Waals surface area contributed by atoms with Gasteiger partial charge >= 0.3 is 6.09 Å². The van der Waals surface area contributed by atoms with E-state index in [1.54, 1.807) is 40.0 Å². The lowest BCUT2D eigenvalue weighted by Gasteiger charge is -2.38. The van der Waals surface area contributed by atoms with Crippen molar-refractivity contribution in [2.45, 2.75) is 45.3 Å². The third-order valence-corrected chi connectivity index (χ3v) is 5.13. The van der Waals surface area contributed by atoms with Gasteiger partial charge in [-0.15, -0.1) is 0 Å². The second-order valence-corrected chi connectivity index (χ2v) is 8.51. The second kappa shape index (κ2) is 7.70. The molecule has 28 heavy (non-hydrogen) atoms. The van der Waals surface area contributed by atoms with E-state index in [-0.39, 0.29) is 15.7 Å². The Kier molecular flexibility index (Phi) is 5.66. The van der Waals surface area contributed by atoms with Crippen LogP contribution in [0, 0.1) is 11.6 Å². The van der Waals surface area contributed by atoms with E-state index in [1.165, 1.54) is 4.90 Å². The van der Waals surface area contributed by atoms with Gasteiger partial charge in [0.2, 0.25) is 0 Å². The predicted octanol–water partition coefficient (Wildman–Crippen LogP) is 6.16. The van der Waals surface area contributed by atoms with Crippen LogP contribution in [0.5, 0.6) is 5.75 Å². The van der Waals surface area contributed by atoms with Crippen LogP contribution in [0.15, 0.2) is 34.8 Å². The number of methoxy groups -OCH3 is 1. The molecule has 3 rings (SSSR count). The normalized spacial score (nSPS) is 16.5. The van der Waals surface area contributed by atoms with Gasteiger partial charge in [0, 0.05) is 5.56 Å². The molecular weight excluding hydrogens is 432 g/mol. The fraction of sp³-hybridized carbons (Fsp3) is 0.381. The Labute approximate surface area is 171 Å². The molecule has 0 N–H and O–H groups in total. The van der Waals surface area contributed by atoms with Crippen molar-refractivity contribution in [2.75, 3.05) is 12.0 Å². The van der Waals surface area contributed by atoms with Crippen molar-refractivity contribution in [1.29, 1.82) is 0 Å². The van der Waals surface area contributed by atoms with Gasteiger partial charge in [0.15, 0.2) is 0 Å². The number of anilines is 1. The Balaban J connectivity index is 2.12. The highest BCUT2D eigenvalue weighted by Crippen LogP contribution is 2.44. The fourth-order valence-electron chi connectivity index (χ4n) is 3.36. The van der Waals surface area contributed by atoms with Crippen LogP contribution in [0.1, 0.15) is 44.4 Å². The molecule has 4 nitrogen and oxygen atoms in total. The summed E-state index contributed by atoms with van der Waals surface area (Å²) in [6.45, 7) is 5.20. The summed E-state index contributed by atoms with van der Waals surface area (Å²) in [4.78, 5) is 14.2. The molecule has 2 aromatic carbocycles. The molecule has 1 aliphatic rings. The fourth-order valence-corrected chi connectivity index (χ4v) is 3.80. The highest BCUT2D eigenvalue weighted by Gasteiger charge is 2.38. The van der Waals surface area contributed by atoms with Crippen LogP contribution in [0.2, 0.25) is 0 Å². The van der Waals surface area contributed by atoms with Gasteiger partial charge in [-0.1, -0.05) is 12.1 Å². The summed E-state index contributed by atoms with van der Waals surface area (Å²) in [5, 5.41) is 0. The highest BCUT2D eigenvalue weighted by atomic mass is 79.9. The zero-order valence-electron chi connectivity index (χ0n) is 16.2. The molecule has 0 radical (unpaired) electrons. The monoisotopic (exact) mass is 453 g/mol. The molecule has 0 spiro atoms. The first kappa shape index (κ1) is 20.6. The van der Waals surface area contributed by atoms with Crippen molar-refractivity contribution in [3.05, 3.63) is 57.6 Å². The Morgan fingerprint density at radius 1 is 1.21 bits per heavy atom. The van der Waals surface area contributed by atoms with Crippen molar-refractivity contribution in [3.8, 4) is 5.75 Å². The molecule has 0 saturated carbocycles. The van der Waals surface area contributed by atoms with Gasteiger partial charge < -0.3 is 9.47 Å². The molecule has 1 atom stereocenters. The highest BCUT2D eigenvalue weighted by molar-refractivity contribution is 9.10. The lowest BCUT2D eigenvalue weighted by atomic mass is 9.91. The maximum atomic E-state index is 14.9. The number of ether oxygens (including phenoxy) is 2. The molecule has 0 saturated heterocycles. The van der Waals surface area contributed by atoms with E-state index in [1.807, 2.05) is 12.1 Å². The van der Waals surface area contributed by atoms with Crippen molar-refractivity contribution >= 4 is 27.7 Å². The standard InChI is InChI=1S/C21H22BrF2NO3/c1-21(2,3)28-20(26)25-17(12-5-7-13(27-4)8-6-12)10-9-14-18(24)15(22)11-16(23)19(14)25/h5-8,11,17H,9-10H2,1-4H3. The van der Waals surface area contributed by atoms with E-state index in [9.17, 15) is 13.6 Å². The van der Waals surface area contributed by atoms with Crippen LogP contribution in [0.3, 0.4) is 0 Å². The minimum atomic E-state index is -0.774. The molecule has 0 aromatic heterocycles. The molecule has 0 bridgehead atoms. The Bertz CT molecular complexity index is 894. The second-order valence-electron chi connectivity index (χ2n) is 7.66. The van der Waals surface area contributed by atoms with Crippen LogP contribution in [-0.4, -0.2) is 18.8 Å². The first-order valence-electron chi connectivity index (χ1n) is 8.95. The first-order chi connectivity index (χ1) is 13.1. The van der Waals surface area contributed by atoms with Gasteiger partial charge in [0.1, 0.15) is 23.0 Å². The molecular formula is C21H22BrF2NO3. The number of rotatable bonds is 2. The number of hydrogen-bond acceptors (Lipinski definition) is 3. The van der Waals surface area contributed by atoms with Gasteiger partial charge in [-0.2, -0.15) is 0 Å². The molecule has 1 heterocycles. The number of carbonyl (C=O) groups is 1. The third-order valence-electron chi connectivity index (χ3n) is 4.55. The maximum Gasteiger partial charge on any atom is 0.415 e. The van der Waals surface area contributed by atoms with Crippen LogP contribution in [0.25, 0.3) is 0 Å². The van der Waals surface area contributed by atoms with Crippen molar-refractivity contribution < 1.29 is 23.0 Å². The molecule has 1 aliphatic heterocycles. The minimum absolute atomic E-state index is 0.0378. The van der Waals surface area contributed by atoms with Gasteiger partial charge in [-0.25, -0.2) is 13.6 Å². The third kappa shape index (κ3) is 3.99. The number of carbonyl (C=O) groups excluding carboxylic acids is 1. The topological polar surface area (TPSA) is 38.8 Å². The molecule has 0 fully saturated rings. The average Bonchev–Trinajstić information content (AvgIpc) is 2.63. The minimum Gasteiger partial charge on any atom is -0.497 e. The van der Waals surface area contributed by atoms with Gasteiger partial charge in [0.05, 0.1) is 23.3 Å². The number of nitrogens with zero attached hydrogens (tertiary/aromatic N) is 1. The van der Waals surface area contributed by atoms with E-state index in [4.69, 9.17) is 9.47 Å². The number of halogens is 3. The van der Waals surface area contributed by atoms with Crippen molar-refractivity contribution in [1.82, 2.24) is 0 Å². The summed E-state index contributed by atoms with van der Waals surface area (Å²) in [6, 6.07) is 7.75. The summed E-state index contributed by atoms with van der Waals surface area (Å²) in [6.07, 6.45) is 0.0220. The van der Waals surface area contributed by atoms with E-state index >= 15 is 0 Å². The number of benzene rings is 2. The van der Waals surface area contributed by atoms with Crippen LogP contribution >= 0.6 is 15.9 Å². The lowest BCUT2D eigenvalue weighted by molar-refractivity contribution is 0.0558. The van der Waals surface area contributed by atoms with E-state index in [0.29, 0.717) is 18.6 Å². The zero-order valence-corrected chi connectivity index (χ0v) is 17.8. The zero-order chi connectivity index (χ0) is 20.6. The first-order valence-corrected chi connectivity index (χ1v) is 9.74. The van der Waals surface area contributed by atoms with Crippen LogP contribution in [-0.2, 0) is 11.2 Å². The summed E-state index contributed by atoms with van der Waals surface area (Å²) in [7, 11) is 1.56. The SMILES string of the molecule is COc1ccc(C2CCc3c(F)c(Br)cc(F)c3N2C(=O)OC(C)(C)C)cc1. The van der Waals surface area contributed by atoms with E-state index in [2.05, 4.69) is 15.9 Å². The van der Waals surface area contributed by atoms with Gasteiger partial charge in [-0.3, -0.25) is 4.90 Å². The Hall–Kier alpha value is -2.15. The molecule has 1 unspecified atom stereocenters. The molecule has 0 aliphatic carbocycles.